The van der Waals surface area contributed by atoms with Gasteiger partial charge in [0.1, 0.15) is 5.91 Å². The number of rotatable bonds is 8. The molecule has 0 aliphatic heterocycles. The number of hydrogen-bond donors (Lipinski definition) is 0. The molecule has 0 aromatic carbocycles. The molecule has 0 spiro atoms. The van der Waals surface area contributed by atoms with Crippen LogP contribution in [0.1, 0.15) is 0 Å². The first-order valence-corrected chi connectivity index (χ1v) is 6.30. The van der Waals surface area contributed by atoms with E-state index >= 15 is 0 Å². The van der Waals surface area contributed by atoms with Crippen molar-refractivity contribution in [2.45, 2.75) is 12.0 Å². The van der Waals surface area contributed by atoms with Gasteiger partial charge < -0.3 is 14.2 Å². The Morgan fingerprint density at radius 3 is 2.31 bits per heavy atom. The van der Waals surface area contributed by atoms with E-state index in [1.54, 1.807) is 14.2 Å². The minimum absolute atomic E-state index is 0.0444. The normalized spacial score (nSPS) is 12.5. The van der Waals surface area contributed by atoms with Crippen LogP contribution in [0, 0.1) is 0 Å². The lowest BCUT2D eigenvalue weighted by Gasteiger charge is -2.13. The standard InChI is InChI=1S/C8H21NO3Si/c1-9(2)7-12-5-6-13-8(10-3)11-4/h8H,5-7,13H2,1-4H3. The fraction of sp³-hybridized carbons (Fsp3) is 1.00. The van der Waals surface area contributed by atoms with Gasteiger partial charge in [-0.05, 0) is 20.1 Å². The molecule has 0 aliphatic rings. The summed E-state index contributed by atoms with van der Waals surface area (Å²) < 4.78 is 15.6. The van der Waals surface area contributed by atoms with Crippen LogP contribution >= 0.6 is 0 Å². The van der Waals surface area contributed by atoms with E-state index in [4.69, 9.17) is 14.2 Å². The Labute approximate surface area is 83.0 Å². The smallest absolute Gasteiger partial charge is 0.134 e. The molecule has 80 valence electrons. The molecule has 0 N–H and O–H groups in total. The highest BCUT2D eigenvalue weighted by molar-refractivity contribution is 6.36. The molecule has 0 saturated carbocycles. The fourth-order valence-corrected chi connectivity index (χ4v) is 2.11. The minimum Gasteiger partial charge on any atom is -0.366 e. The van der Waals surface area contributed by atoms with E-state index < -0.39 is 0 Å². The van der Waals surface area contributed by atoms with Crippen LogP contribution in [0.25, 0.3) is 0 Å². The van der Waals surface area contributed by atoms with Crippen LogP contribution in [0.15, 0.2) is 0 Å². The molecule has 0 fully saturated rings. The summed E-state index contributed by atoms with van der Waals surface area (Å²) >= 11 is 0. The van der Waals surface area contributed by atoms with Gasteiger partial charge in [0, 0.05) is 20.8 Å². The van der Waals surface area contributed by atoms with E-state index in [1.165, 1.54) is 0 Å². The molecule has 0 aromatic rings. The van der Waals surface area contributed by atoms with Gasteiger partial charge in [-0.3, -0.25) is 4.90 Å². The second kappa shape index (κ2) is 8.65. The van der Waals surface area contributed by atoms with Crippen molar-refractivity contribution in [1.29, 1.82) is 0 Å². The third kappa shape index (κ3) is 8.39. The molecule has 5 heteroatoms. The summed E-state index contributed by atoms with van der Waals surface area (Å²) in [5, 5.41) is 0. The molecule has 0 aliphatic carbocycles. The molecule has 0 heterocycles. The number of hydrogen-bond acceptors (Lipinski definition) is 4. The molecule has 0 rings (SSSR count). The second-order valence-electron chi connectivity index (χ2n) is 3.16. The summed E-state index contributed by atoms with van der Waals surface area (Å²) in [5.74, 6) is 0.0444. The lowest BCUT2D eigenvalue weighted by molar-refractivity contribution is -0.0447. The van der Waals surface area contributed by atoms with Gasteiger partial charge in [-0.15, -0.1) is 0 Å². The SMILES string of the molecule is COC(OC)[SiH2]CCOCN(C)C. The van der Waals surface area contributed by atoms with Gasteiger partial charge >= 0.3 is 0 Å². The molecule has 0 saturated heterocycles. The lowest BCUT2D eigenvalue weighted by atomic mass is 10.8. The van der Waals surface area contributed by atoms with Gasteiger partial charge in [-0.25, -0.2) is 0 Å². The maximum Gasteiger partial charge on any atom is 0.134 e. The van der Waals surface area contributed by atoms with Crippen molar-refractivity contribution in [3.63, 3.8) is 0 Å². The van der Waals surface area contributed by atoms with Crippen molar-refractivity contribution >= 4 is 9.52 Å². The average molecular weight is 207 g/mol. The Morgan fingerprint density at radius 1 is 1.23 bits per heavy atom. The van der Waals surface area contributed by atoms with Crippen LogP contribution in [0.3, 0.4) is 0 Å². The predicted molar refractivity (Wildman–Crippen MR) is 55.7 cm³/mol. The monoisotopic (exact) mass is 207 g/mol. The van der Waals surface area contributed by atoms with Crippen molar-refractivity contribution in [3.8, 4) is 0 Å². The van der Waals surface area contributed by atoms with Crippen LogP contribution in [0.4, 0.5) is 0 Å². The van der Waals surface area contributed by atoms with E-state index in [-0.39, 0.29) is 15.4 Å². The third-order valence-electron chi connectivity index (χ3n) is 1.60. The molecule has 0 amide bonds. The zero-order chi connectivity index (χ0) is 10.1. The lowest BCUT2D eigenvalue weighted by Crippen LogP contribution is -2.23. The quantitative estimate of drug-likeness (QED) is 0.310. The molecular formula is C8H21NO3Si. The molecule has 0 unspecified atom stereocenters. The molecule has 0 bridgehead atoms. The van der Waals surface area contributed by atoms with E-state index in [1.807, 2.05) is 19.0 Å². The maximum atomic E-state index is 5.38. The topological polar surface area (TPSA) is 30.9 Å². The fourth-order valence-electron chi connectivity index (χ4n) is 0.931. The van der Waals surface area contributed by atoms with Gasteiger partial charge in [0.05, 0.1) is 16.3 Å². The van der Waals surface area contributed by atoms with Crippen molar-refractivity contribution < 1.29 is 14.2 Å². The largest absolute Gasteiger partial charge is 0.366 e. The first-order valence-electron chi connectivity index (χ1n) is 4.48. The molecule has 4 nitrogen and oxygen atoms in total. The first kappa shape index (κ1) is 13.1. The Kier molecular flexibility index (Phi) is 8.68. The average Bonchev–Trinajstić information content (AvgIpc) is 2.11. The molecule has 0 aromatic heterocycles. The Balaban J connectivity index is 3.14. The highest BCUT2D eigenvalue weighted by Gasteiger charge is 2.04. The van der Waals surface area contributed by atoms with E-state index in [2.05, 4.69) is 0 Å². The van der Waals surface area contributed by atoms with Crippen LogP contribution in [0.5, 0.6) is 0 Å². The van der Waals surface area contributed by atoms with E-state index in [9.17, 15) is 0 Å². The summed E-state index contributed by atoms with van der Waals surface area (Å²) in [6.07, 6.45) is 0. The Bertz CT molecular complexity index is 110. The highest BCUT2D eigenvalue weighted by atomic mass is 28.2. The van der Waals surface area contributed by atoms with E-state index in [0.717, 1.165) is 12.7 Å². The van der Waals surface area contributed by atoms with E-state index in [0.29, 0.717) is 6.73 Å². The van der Waals surface area contributed by atoms with Gasteiger partial charge in [0.25, 0.3) is 0 Å². The van der Waals surface area contributed by atoms with Crippen molar-refractivity contribution in [2.75, 3.05) is 41.7 Å². The van der Waals surface area contributed by atoms with Gasteiger partial charge in [-0.2, -0.15) is 0 Å². The van der Waals surface area contributed by atoms with Gasteiger partial charge in [0.2, 0.25) is 0 Å². The number of methoxy groups -OCH3 is 2. The van der Waals surface area contributed by atoms with Crippen molar-refractivity contribution in [2.24, 2.45) is 0 Å². The van der Waals surface area contributed by atoms with Crippen LogP contribution in [-0.4, -0.2) is 62.0 Å². The summed E-state index contributed by atoms with van der Waals surface area (Å²) in [4.78, 5) is 2.01. The Hall–Kier alpha value is 0.0569. The number of nitrogens with zero attached hydrogens (tertiary/aromatic N) is 1. The molecule has 0 radical (unpaired) electrons. The predicted octanol–water partition coefficient (Wildman–Crippen LogP) is -0.314. The maximum absolute atomic E-state index is 5.38. The number of ether oxygens (including phenoxy) is 3. The van der Waals surface area contributed by atoms with Gasteiger partial charge in [-0.1, -0.05) is 0 Å². The van der Waals surface area contributed by atoms with Crippen molar-refractivity contribution in [3.05, 3.63) is 0 Å². The summed E-state index contributed by atoms with van der Waals surface area (Å²) in [7, 11) is 7.04. The zero-order valence-electron chi connectivity index (χ0n) is 9.08. The van der Waals surface area contributed by atoms with Crippen LogP contribution in [-0.2, 0) is 14.2 Å². The molecule has 0 atom stereocenters. The van der Waals surface area contributed by atoms with Crippen molar-refractivity contribution in [1.82, 2.24) is 4.90 Å². The molecule has 13 heavy (non-hydrogen) atoms. The van der Waals surface area contributed by atoms with Crippen LogP contribution in [0.2, 0.25) is 6.04 Å². The summed E-state index contributed by atoms with van der Waals surface area (Å²) in [6.45, 7) is 1.51. The minimum atomic E-state index is -0.308. The first-order chi connectivity index (χ1) is 6.20. The Morgan fingerprint density at radius 2 is 1.85 bits per heavy atom. The molecular weight excluding hydrogens is 186 g/mol. The summed E-state index contributed by atoms with van der Waals surface area (Å²) in [5.41, 5.74) is 0. The highest BCUT2D eigenvalue weighted by Crippen LogP contribution is 1.93. The third-order valence-corrected chi connectivity index (χ3v) is 3.44. The van der Waals surface area contributed by atoms with Crippen LogP contribution < -0.4 is 0 Å². The zero-order valence-corrected chi connectivity index (χ0v) is 10.5. The van der Waals surface area contributed by atoms with Gasteiger partial charge in [0.15, 0.2) is 0 Å². The summed E-state index contributed by atoms with van der Waals surface area (Å²) in [6, 6.07) is 1.10. The second-order valence-corrected chi connectivity index (χ2v) is 5.11.